The summed E-state index contributed by atoms with van der Waals surface area (Å²) in [6.45, 7) is 6.96. The minimum atomic E-state index is -1.06. The Bertz CT molecular complexity index is 355. The maximum absolute atomic E-state index is 12.2. The number of nitrogens with zero attached hydrogens (tertiary/aromatic N) is 3. The number of carbonyl (C=O) groups excluding carboxylic acids is 1. The van der Waals surface area contributed by atoms with Crippen molar-refractivity contribution in [1.29, 1.82) is 5.26 Å². The smallest absolute Gasteiger partial charge is 0.323 e. The minimum absolute atomic E-state index is 0.279. The van der Waals surface area contributed by atoms with Crippen LogP contribution in [0.5, 0.6) is 0 Å². The number of carboxylic acids is 1. The van der Waals surface area contributed by atoms with Gasteiger partial charge in [0.15, 0.2) is 0 Å². The quantitative estimate of drug-likeness (QED) is 0.822. The van der Waals surface area contributed by atoms with E-state index in [1.54, 1.807) is 34.7 Å². The van der Waals surface area contributed by atoms with Crippen molar-refractivity contribution in [3.8, 4) is 6.07 Å². The molecule has 0 aliphatic carbocycles. The van der Waals surface area contributed by atoms with Crippen LogP contribution in [0.25, 0.3) is 0 Å². The van der Waals surface area contributed by atoms with Gasteiger partial charge < -0.3 is 14.9 Å². The summed E-state index contributed by atoms with van der Waals surface area (Å²) in [5.74, 6) is -1.34. The summed E-state index contributed by atoms with van der Waals surface area (Å²) < 4.78 is 0. The lowest BCUT2D eigenvalue weighted by atomic mass is 10.1. The van der Waals surface area contributed by atoms with Crippen LogP contribution in [0.2, 0.25) is 0 Å². The van der Waals surface area contributed by atoms with Crippen LogP contribution in [0.4, 0.5) is 4.79 Å². The van der Waals surface area contributed by atoms with Gasteiger partial charge in [0.1, 0.15) is 6.54 Å². The van der Waals surface area contributed by atoms with Crippen LogP contribution >= 0.6 is 0 Å². The molecule has 0 rings (SSSR count). The first-order chi connectivity index (χ1) is 8.09. The van der Waals surface area contributed by atoms with E-state index in [4.69, 9.17) is 10.4 Å². The second-order valence-corrected chi connectivity index (χ2v) is 5.34. The van der Waals surface area contributed by atoms with Gasteiger partial charge in [0.05, 0.1) is 12.0 Å². The van der Waals surface area contributed by atoms with Crippen molar-refractivity contribution in [2.75, 3.05) is 20.1 Å². The average Bonchev–Trinajstić information content (AvgIpc) is 2.22. The molecular formula is C12H21N3O3. The van der Waals surface area contributed by atoms with E-state index in [2.05, 4.69) is 0 Å². The minimum Gasteiger partial charge on any atom is -0.480 e. The third kappa shape index (κ3) is 5.04. The molecule has 0 saturated heterocycles. The highest BCUT2D eigenvalue weighted by Crippen LogP contribution is 2.15. The average molecular weight is 255 g/mol. The molecule has 6 nitrogen and oxygen atoms in total. The number of hydrogen-bond acceptors (Lipinski definition) is 3. The molecule has 1 N–H and O–H groups in total. The van der Waals surface area contributed by atoms with Crippen molar-refractivity contribution in [2.24, 2.45) is 5.92 Å². The van der Waals surface area contributed by atoms with Crippen LogP contribution in [-0.2, 0) is 4.79 Å². The number of carboxylic acid groups (broad SMARTS) is 1. The van der Waals surface area contributed by atoms with E-state index in [0.29, 0.717) is 0 Å². The van der Waals surface area contributed by atoms with Gasteiger partial charge in [0.2, 0.25) is 0 Å². The number of amides is 2. The van der Waals surface area contributed by atoms with Gasteiger partial charge in [-0.05, 0) is 27.7 Å². The number of rotatable bonds is 4. The molecule has 0 aromatic carbocycles. The van der Waals surface area contributed by atoms with E-state index in [9.17, 15) is 9.59 Å². The van der Waals surface area contributed by atoms with Gasteiger partial charge in [-0.1, -0.05) is 0 Å². The Hall–Kier alpha value is -1.77. The number of hydrogen-bond donors (Lipinski definition) is 1. The van der Waals surface area contributed by atoms with Gasteiger partial charge >= 0.3 is 12.0 Å². The monoisotopic (exact) mass is 255 g/mol. The number of carbonyl (C=O) groups is 2. The molecule has 18 heavy (non-hydrogen) atoms. The summed E-state index contributed by atoms with van der Waals surface area (Å²) in [5, 5.41) is 17.6. The van der Waals surface area contributed by atoms with Crippen molar-refractivity contribution < 1.29 is 14.7 Å². The standard InChI is InChI=1S/C12H21N3O3/c1-9(6-13)7-14(5)11(18)15(8-10(16)17)12(2,3)4/h9H,7-8H2,1-5H3,(H,16,17). The summed E-state index contributed by atoms with van der Waals surface area (Å²) in [6.07, 6.45) is 0. The predicted molar refractivity (Wildman–Crippen MR) is 66.9 cm³/mol. The van der Waals surface area contributed by atoms with E-state index < -0.39 is 11.5 Å². The molecule has 0 fully saturated rings. The van der Waals surface area contributed by atoms with Crippen molar-refractivity contribution in [2.45, 2.75) is 33.2 Å². The molecule has 1 unspecified atom stereocenters. The zero-order valence-electron chi connectivity index (χ0n) is 11.6. The summed E-state index contributed by atoms with van der Waals surface area (Å²) in [7, 11) is 1.57. The predicted octanol–water partition coefficient (Wildman–Crippen LogP) is 1.38. The Labute approximate surface area is 108 Å². The molecule has 0 bridgehead atoms. The first kappa shape index (κ1) is 16.2. The molecule has 0 saturated carbocycles. The van der Waals surface area contributed by atoms with E-state index in [-0.39, 0.29) is 25.0 Å². The van der Waals surface area contributed by atoms with Gasteiger partial charge in [0.25, 0.3) is 0 Å². The SMILES string of the molecule is CC(C#N)CN(C)C(=O)N(CC(=O)O)C(C)(C)C. The van der Waals surface area contributed by atoms with E-state index in [1.807, 2.05) is 6.07 Å². The van der Waals surface area contributed by atoms with Crippen LogP contribution in [0.1, 0.15) is 27.7 Å². The molecule has 0 aliphatic heterocycles. The fraction of sp³-hybridized carbons (Fsp3) is 0.750. The van der Waals surface area contributed by atoms with Crippen LogP contribution in [-0.4, -0.2) is 52.6 Å². The van der Waals surface area contributed by atoms with Gasteiger partial charge in [-0.25, -0.2) is 4.79 Å². The Balaban J connectivity index is 4.87. The molecule has 6 heteroatoms. The van der Waals surface area contributed by atoms with Crippen LogP contribution in [0.3, 0.4) is 0 Å². The van der Waals surface area contributed by atoms with Gasteiger partial charge in [-0.3, -0.25) is 4.79 Å². The fourth-order valence-corrected chi connectivity index (χ4v) is 1.46. The number of nitriles is 1. The first-order valence-corrected chi connectivity index (χ1v) is 5.73. The highest BCUT2D eigenvalue weighted by Gasteiger charge is 2.30. The molecule has 0 aromatic rings. The number of urea groups is 1. The van der Waals surface area contributed by atoms with Crippen molar-refractivity contribution in [3.63, 3.8) is 0 Å². The van der Waals surface area contributed by atoms with Gasteiger partial charge in [-0.2, -0.15) is 5.26 Å². The highest BCUT2D eigenvalue weighted by atomic mass is 16.4. The van der Waals surface area contributed by atoms with E-state index in [1.165, 1.54) is 9.80 Å². The molecular weight excluding hydrogens is 234 g/mol. The second-order valence-electron chi connectivity index (χ2n) is 5.34. The summed E-state index contributed by atoms with van der Waals surface area (Å²) in [6, 6.07) is 1.66. The molecule has 102 valence electrons. The van der Waals surface area contributed by atoms with E-state index in [0.717, 1.165) is 0 Å². The highest BCUT2D eigenvalue weighted by molar-refractivity contribution is 5.80. The summed E-state index contributed by atoms with van der Waals surface area (Å²) in [5.41, 5.74) is -0.584. The molecule has 0 spiro atoms. The third-order valence-electron chi connectivity index (χ3n) is 2.43. The zero-order valence-corrected chi connectivity index (χ0v) is 11.6. The fourth-order valence-electron chi connectivity index (χ4n) is 1.46. The third-order valence-corrected chi connectivity index (χ3v) is 2.43. The van der Waals surface area contributed by atoms with Crippen molar-refractivity contribution in [3.05, 3.63) is 0 Å². The molecule has 0 heterocycles. The summed E-state index contributed by atoms with van der Waals surface area (Å²) >= 11 is 0. The van der Waals surface area contributed by atoms with Crippen molar-refractivity contribution in [1.82, 2.24) is 9.80 Å². The lowest BCUT2D eigenvalue weighted by Gasteiger charge is -2.37. The zero-order chi connectivity index (χ0) is 14.5. The molecule has 0 radical (unpaired) electrons. The van der Waals surface area contributed by atoms with Crippen LogP contribution in [0, 0.1) is 17.2 Å². The maximum atomic E-state index is 12.2. The maximum Gasteiger partial charge on any atom is 0.323 e. The topological polar surface area (TPSA) is 84.6 Å². The second kappa shape index (κ2) is 6.24. The van der Waals surface area contributed by atoms with Gasteiger partial charge in [0, 0.05) is 19.1 Å². The molecule has 2 amide bonds. The van der Waals surface area contributed by atoms with Gasteiger partial charge in [-0.15, -0.1) is 0 Å². The molecule has 0 aromatic heterocycles. The normalized spacial score (nSPS) is 12.4. The number of aliphatic carboxylic acids is 1. The Kier molecular flexibility index (Phi) is 5.63. The Morgan fingerprint density at radius 2 is 1.89 bits per heavy atom. The summed E-state index contributed by atoms with van der Waals surface area (Å²) in [4.78, 5) is 25.6. The van der Waals surface area contributed by atoms with Crippen molar-refractivity contribution >= 4 is 12.0 Å². The molecule has 1 atom stereocenters. The van der Waals surface area contributed by atoms with Crippen LogP contribution < -0.4 is 0 Å². The molecule has 0 aliphatic rings. The first-order valence-electron chi connectivity index (χ1n) is 5.73. The Morgan fingerprint density at radius 3 is 2.22 bits per heavy atom. The lowest BCUT2D eigenvalue weighted by Crippen LogP contribution is -2.53. The lowest BCUT2D eigenvalue weighted by molar-refractivity contribution is -0.138. The van der Waals surface area contributed by atoms with E-state index >= 15 is 0 Å². The van der Waals surface area contributed by atoms with Crippen LogP contribution in [0.15, 0.2) is 0 Å². The largest absolute Gasteiger partial charge is 0.480 e. The Morgan fingerprint density at radius 1 is 1.39 bits per heavy atom.